The molecule has 0 saturated carbocycles. The van der Waals surface area contributed by atoms with Gasteiger partial charge in [-0.25, -0.2) is 4.79 Å². The van der Waals surface area contributed by atoms with Gasteiger partial charge in [0.25, 0.3) is 5.91 Å². The van der Waals surface area contributed by atoms with E-state index in [1.54, 1.807) is 18.2 Å². The zero-order valence-corrected chi connectivity index (χ0v) is 18.7. The van der Waals surface area contributed by atoms with E-state index in [9.17, 15) is 9.59 Å². The smallest absolute Gasteiger partial charge is 0.331 e. The Labute approximate surface area is 192 Å². The van der Waals surface area contributed by atoms with Gasteiger partial charge in [0.1, 0.15) is 12.4 Å². The van der Waals surface area contributed by atoms with Gasteiger partial charge in [0.05, 0.1) is 0 Å². The van der Waals surface area contributed by atoms with Crippen molar-refractivity contribution in [1.29, 1.82) is 0 Å². The van der Waals surface area contributed by atoms with Gasteiger partial charge in [-0.3, -0.25) is 4.79 Å². The Morgan fingerprint density at radius 2 is 1.72 bits per heavy atom. The summed E-state index contributed by atoms with van der Waals surface area (Å²) in [4.78, 5) is 24.0. The third kappa shape index (κ3) is 6.72. The fraction of sp³-hybridized carbons (Fsp3) is 0.154. The van der Waals surface area contributed by atoms with Crippen LogP contribution in [0.15, 0.2) is 72.8 Å². The quantitative estimate of drug-likeness (QED) is 0.352. The van der Waals surface area contributed by atoms with Crippen molar-refractivity contribution in [2.75, 3.05) is 11.9 Å². The first-order valence-electron chi connectivity index (χ1n) is 10.1. The summed E-state index contributed by atoms with van der Waals surface area (Å²) in [5, 5.41) is 3.41. The number of amides is 1. The van der Waals surface area contributed by atoms with Gasteiger partial charge in [-0.1, -0.05) is 54.1 Å². The molecule has 3 aromatic carbocycles. The van der Waals surface area contributed by atoms with Gasteiger partial charge < -0.3 is 14.8 Å². The summed E-state index contributed by atoms with van der Waals surface area (Å²) in [5.74, 6) is -0.298. The number of hydrogen-bond donors (Lipinski definition) is 1. The largest absolute Gasteiger partial charge is 0.489 e. The molecule has 0 radical (unpaired) electrons. The predicted octanol–water partition coefficient (Wildman–Crippen LogP) is 5.73. The van der Waals surface area contributed by atoms with Crippen LogP contribution in [0, 0.1) is 13.8 Å². The first-order chi connectivity index (χ1) is 15.4. The molecule has 5 nitrogen and oxygen atoms in total. The molecule has 0 unspecified atom stereocenters. The average Bonchev–Trinajstić information content (AvgIpc) is 2.79. The normalized spacial score (nSPS) is 10.7. The SMILES string of the molecule is Cc1cccc(NC(=O)COC(=O)/C=C/c2ccc(OCc3ccccc3Cl)cc2)c1C. The van der Waals surface area contributed by atoms with Crippen LogP contribution in [0.25, 0.3) is 6.08 Å². The zero-order valence-electron chi connectivity index (χ0n) is 17.9. The van der Waals surface area contributed by atoms with Crippen LogP contribution >= 0.6 is 11.6 Å². The molecule has 3 aromatic rings. The summed E-state index contributed by atoms with van der Waals surface area (Å²) in [6.45, 7) is 3.90. The third-order valence-corrected chi connectivity index (χ3v) is 5.24. The molecule has 1 N–H and O–H groups in total. The Balaban J connectivity index is 1.45. The number of rotatable bonds is 8. The molecule has 0 fully saturated rings. The molecule has 0 aliphatic carbocycles. The number of benzene rings is 3. The molecule has 0 spiro atoms. The molecule has 1 amide bonds. The summed E-state index contributed by atoms with van der Waals surface area (Å²) in [6.07, 6.45) is 2.90. The second-order valence-corrected chi connectivity index (χ2v) is 7.59. The van der Waals surface area contributed by atoms with E-state index in [4.69, 9.17) is 21.1 Å². The number of aryl methyl sites for hydroxylation is 1. The summed E-state index contributed by atoms with van der Waals surface area (Å²) < 4.78 is 10.8. The molecule has 0 aliphatic rings. The van der Waals surface area contributed by atoms with Crippen LogP contribution in [0.3, 0.4) is 0 Å². The lowest BCUT2D eigenvalue weighted by molar-refractivity contribution is -0.142. The summed E-state index contributed by atoms with van der Waals surface area (Å²) in [6, 6.07) is 20.4. The van der Waals surface area contributed by atoms with E-state index in [2.05, 4.69) is 5.32 Å². The van der Waals surface area contributed by atoms with E-state index in [-0.39, 0.29) is 12.5 Å². The Bertz CT molecular complexity index is 1120. The number of nitrogens with one attached hydrogen (secondary N) is 1. The second-order valence-electron chi connectivity index (χ2n) is 7.19. The van der Waals surface area contributed by atoms with Gasteiger partial charge >= 0.3 is 5.97 Å². The van der Waals surface area contributed by atoms with Gasteiger partial charge in [-0.2, -0.15) is 0 Å². The summed E-state index contributed by atoms with van der Waals surface area (Å²) in [7, 11) is 0. The average molecular weight is 450 g/mol. The van der Waals surface area contributed by atoms with Gasteiger partial charge in [-0.15, -0.1) is 0 Å². The van der Waals surface area contributed by atoms with Gasteiger partial charge in [0.15, 0.2) is 6.61 Å². The number of esters is 1. The highest BCUT2D eigenvalue weighted by Gasteiger charge is 2.08. The first kappa shape index (κ1) is 23.1. The van der Waals surface area contributed by atoms with Crippen molar-refractivity contribution in [3.05, 3.63) is 100 Å². The van der Waals surface area contributed by atoms with Crippen molar-refractivity contribution < 1.29 is 19.1 Å². The highest BCUT2D eigenvalue weighted by Crippen LogP contribution is 2.20. The topological polar surface area (TPSA) is 64.6 Å². The second kappa shape index (κ2) is 11.2. The molecule has 164 valence electrons. The van der Waals surface area contributed by atoms with Crippen molar-refractivity contribution in [1.82, 2.24) is 0 Å². The van der Waals surface area contributed by atoms with Gasteiger partial charge in [0.2, 0.25) is 0 Å². The predicted molar refractivity (Wildman–Crippen MR) is 127 cm³/mol. The number of carbonyl (C=O) groups is 2. The maximum atomic E-state index is 12.0. The Kier molecular flexibility index (Phi) is 8.06. The molecule has 0 aliphatic heterocycles. The van der Waals surface area contributed by atoms with Crippen LogP contribution < -0.4 is 10.1 Å². The van der Waals surface area contributed by atoms with E-state index in [0.717, 1.165) is 22.3 Å². The van der Waals surface area contributed by atoms with E-state index in [1.165, 1.54) is 6.08 Å². The van der Waals surface area contributed by atoms with Crippen LogP contribution in [0.2, 0.25) is 5.02 Å². The third-order valence-electron chi connectivity index (χ3n) is 4.87. The van der Waals surface area contributed by atoms with Gasteiger partial charge in [-0.05, 0) is 60.9 Å². The lowest BCUT2D eigenvalue weighted by atomic mass is 10.1. The van der Waals surface area contributed by atoms with Crippen molar-refractivity contribution in [2.24, 2.45) is 0 Å². The van der Waals surface area contributed by atoms with Crippen LogP contribution in [-0.2, 0) is 20.9 Å². The number of halogens is 1. The van der Waals surface area contributed by atoms with Crippen molar-refractivity contribution in [3.8, 4) is 5.75 Å². The van der Waals surface area contributed by atoms with Crippen molar-refractivity contribution in [3.63, 3.8) is 0 Å². The Morgan fingerprint density at radius 3 is 2.47 bits per heavy atom. The molecule has 6 heteroatoms. The number of anilines is 1. The number of ether oxygens (including phenoxy) is 2. The first-order valence-corrected chi connectivity index (χ1v) is 10.5. The minimum absolute atomic E-state index is 0.356. The number of carbonyl (C=O) groups excluding carboxylic acids is 2. The maximum absolute atomic E-state index is 12.0. The molecule has 0 heterocycles. The molecule has 32 heavy (non-hydrogen) atoms. The van der Waals surface area contributed by atoms with Crippen LogP contribution in [0.1, 0.15) is 22.3 Å². The minimum Gasteiger partial charge on any atom is -0.489 e. The van der Waals surface area contributed by atoms with Crippen molar-refractivity contribution in [2.45, 2.75) is 20.5 Å². The zero-order chi connectivity index (χ0) is 22.9. The fourth-order valence-electron chi connectivity index (χ4n) is 2.87. The van der Waals surface area contributed by atoms with E-state index in [0.29, 0.717) is 23.1 Å². The molecular formula is C26H24ClNO4. The maximum Gasteiger partial charge on any atom is 0.331 e. The summed E-state index contributed by atoms with van der Waals surface area (Å²) in [5.41, 5.74) is 4.46. The minimum atomic E-state index is -0.597. The fourth-order valence-corrected chi connectivity index (χ4v) is 3.06. The molecular weight excluding hydrogens is 426 g/mol. The van der Waals surface area contributed by atoms with Gasteiger partial charge in [0, 0.05) is 22.3 Å². The standard InChI is InChI=1S/C26H24ClNO4/c1-18-6-5-9-24(19(18)2)28-25(29)17-32-26(30)15-12-20-10-13-22(14-11-20)31-16-21-7-3-4-8-23(21)27/h3-15H,16-17H2,1-2H3,(H,28,29)/b15-12+. The van der Waals surface area contributed by atoms with Crippen LogP contribution in [-0.4, -0.2) is 18.5 Å². The van der Waals surface area contributed by atoms with E-state index >= 15 is 0 Å². The Hall–Kier alpha value is -3.57. The summed E-state index contributed by atoms with van der Waals surface area (Å²) >= 11 is 6.13. The molecule has 0 bridgehead atoms. The number of hydrogen-bond acceptors (Lipinski definition) is 4. The van der Waals surface area contributed by atoms with Crippen LogP contribution in [0.5, 0.6) is 5.75 Å². The molecule has 0 aromatic heterocycles. The van der Waals surface area contributed by atoms with Crippen molar-refractivity contribution >= 4 is 35.2 Å². The monoisotopic (exact) mass is 449 g/mol. The van der Waals surface area contributed by atoms with Crippen LogP contribution in [0.4, 0.5) is 5.69 Å². The van der Waals surface area contributed by atoms with E-state index < -0.39 is 5.97 Å². The Morgan fingerprint density at radius 1 is 0.969 bits per heavy atom. The lowest BCUT2D eigenvalue weighted by Gasteiger charge is -2.10. The highest BCUT2D eigenvalue weighted by atomic mass is 35.5. The lowest BCUT2D eigenvalue weighted by Crippen LogP contribution is -2.20. The van der Waals surface area contributed by atoms with E-state index in [1.807, 2.05) is 68.4 Å². The highest BCUT2D eigenvalue weighted by molar-refractivity contribution is 6.31. The molecule has 0 atom stereocenters. The molecule has 0 saturated heterocycles. The molecule has 3 rings (SSSR count).